The summed E-state index contributed by atoms with van der Waals surface area (Å²) in [6, 6.07) is 1.35. The number of aromatic hydroxyl groups is 1. The van der Waals surface area contributed by atoms with Crippen LogP contribution in [-0.4, -0.2) is 23.1 Å². The molecule has 1 rings (SSSR count). The van der Waals surface area contributed by atoms with E-state index in [1.165, 1.54) is 21.0 Å². The molecule has 21 heavy (non-hydrogen) atoms. The Morgan fingerprint density at radius 3 is 2.48 bits per heavy atom. The van der Waals surface area contributed by atoms with Crippen LogP contribution in [0.3, 0.4) is 0 Å². The van der Waals surface area contributed by atoms with E-state index in [0.717, 1.165) is 12.1 Å². The van der Waals surface area contributed by atoms with Crippen LogP contribution < -0.4 is 5.73 Å². The number of carbonyl (C=O) groups is 1. The number of nitro groups is 1. The molecular formula is C12H16BrClN2O5. The summed E-state index contributed by atoms with van der Waals surface area (Å²) in [5.41, 5.74) is 4.70. The topological polar surface area (TPSA) is 116 Å². The van der Waals surface area contributed by atoms with Gasteiger partial charge < -0.3 is 15.6 Å². The molecule has 9 heteroatoms. The van der Waals surface area contributed by atoms with Crippen LogP contribution in [0.25, 0.3) is 0 Å². The van der Waals surface area contributed by atoms with Gasteiger partial charge in [-0.3, -0.25) is 14.9 Å². The fourth-order valence-corrected chi connectivity index (χ4v) is 2.19. The van der Waals surface area contributed by atoms with Gasteiger partial charge in [0.15, 0.2) is 0 Å². The number of ether oxygens (including phenoxy) is 1. The Kier molecular flexibility index (Phi) is 6.59. The van der Waals surface area contributed by atoms with Gasteiger partial charge in [-0.15, -0.1) is 12.4 Å². The second kappa shape index (κ2) is 7.06. The molecule has 7 nitrogen and oxygen atoms in total. The standard InChI is InChI=1S/C12H15BrN2O5.ClH/c1-12(2,11(17)20-3)10(14)7-4-6(15(18)19)5-8(13)9(7)16;/h4-5,10,16H,14H2,1-3H3;1H/t10-;/m1./s1. The Morgan fingerprint density at radius 1 is 1.52 bits per heavy atom. The maximum atomic E-state index is 11.7. The van der Waals surface area contributed by atoms with Crippen LogP contribution in [0.2, 0.25) is 0 Å². The zero-order valence-corrected chi connectivity index (χ0v) is 14.0. The molecular weight excluding hydrogens is 367 g/mol. The van der Waals surface area contributed by atoms with Crippen LogP contribution in [0, 0.1) is 15.5 Å². The molecule has 0 saturated heterocycles. The Balaban J connectivity index is 0.00000400. The van der Waals surface area contributed by atoms with Crippen molar-refractivity contribution in [2.24, 2.45) is 11.1 Å². The maximum Gasteiger partial charge on any atom is 0.313 e. The molecule has 0 saturated carbocycles. The molecule has 0 amide bonds. The molecule has 0 aliphatic carbocycles. The molecule has 118 valence electrons. The lowest BCUT2D eigenvalue weighted by atomic mass is 9.80. The van der Waals surface area contributed by atoms with Gasteiger partial charge in [0, 0.05) is 23.7 Å². The van der Waals surface area contributed by atoms with Gasteiger partial charge in [-0.25, -0.2) is 0 Å². The van der Waals surface area contributed by atoms with Crippen LogP contribution in [0.5, 0.6) is 5.75 Å². The number of non-ortho nitro benzene ring substituents is 1. The number of phenols is 1. The third kappa shape index (κ3) is 3.84. The summed E-state index contributed by atoms with van der Waals surface area (Å²) in [6.45, 7) is 3.07. The molecule has 0 aliphatic heterocycles. The summed E-state index contributed by atoms with van der Waals surface area (Å²) in [6.07, 6.45) is 0. The van der Waals surface area contributed by atoms with Crippen molar-refractivity contribution >= 4 is 40.0 Å². The summed E-state index contributed by atoms with van der Waals surface area (Å²) in [5.74, 6) is -0.813. The van der Waals surface area contributed by atoms with Crippen LogP contribution in [-0.2, 0) is 9.53 Å². The molecule has 1 aromatic carbocycles. The number of halogens is 2. The van der Waals surface area contributed by atoms with E-state index in [9.17, 15) is 20.0 Å². The number of rotatable bonds is 4. The first-order valence-electron chi connectivity index (χ1n) is 5.63. The normalized spacial score (nSPS) is 12.2. The maximum absolute atomic E-state index is 11.7. The number of nitrogens with two attached hydrogens (primary N) is 1. The van der Waals surface area contributed by atoms with Gasteiger partial charge in [-0.1, -0.05) is 0 Å². The van der Waals surface area contributed by atoms with E-state index in [4.69, 9.17) is 5.73 Å². The number of phenolic OH excluding ortho intramolecular Hbond substituents is 1. The predicted octanol–water partition coefficient (Wildman–Crippen LogP) is 2.68. The minimum absolute atomic E-state index is 0. The van der Waals surface area contributed by atoms with Crippen molar-refractivity contribution in [1.29, 1.82) is 0 Å². The van der Waals surface area contributed by atoms with Gasteiger partial charge in [-0.2, -0.15) is 0 Å². The van der Waals surface area contributed by atoms with Crippen LogP contribution in [0.15, 0.2) is 16.6 Å². The molecule has 0 unspecified atom stereocenters. The number of nitro benzene ring substituents is 1. The van der Waals surface area contributed by atoms with Gasteiger partial charge in [0.2, 0.25) is 0 Å². The second-order valence-electron chi connectivity index (χ2n) is 4.81. The van der Waals surface area contributed by atoms with Crippen molar-refractivity contribution < 1.29 is 19.6 Å². The van der Waals surface area contributed by atoms with Crippen molar-refractivity contribution in [3.8, 4) is 5.75 Å². The summed E-state index contributed by atoms with van der Waals surface area (Å²) >= 11 is 3.03. The highest BCUT2D eigenvalue weighted by Gasteiger charge is 2.38. The van der Waals surface area contributed by atoms with Crippen LogP contribution >= 0.6 is 28.3 Å². The Hall–Kier alpha value is -1.38. The van der Waals surface area contributed by atoms with Gasteiger partial charge in [0.1, 0.15) is 5.75 Å². The third-order valence-corrected chi connectivity index (χ3v) is 3.72. The summed E-state index contributed by atoms with van der Waals surface area (Å²) < 4.78 is 4.80. The third-order valence-electron chi connectivity index (χ3n) is 3.11. The lowest BCUT2D eigenvalue weighted by Gasteiger charge is -2.29. The SMILES string of the molecule is COC(=O)C(C)(C)[C@H](N)c1cc([N+](=O)[O-])cc(Br)c1O.Cl. The summed E-state index contributed by atoms with van der Waals surface area (Å²) in [4.78, 5) is 22.0. The first-order valence-corrected chi connectivity index (χ1v) is 6.43. The molecule has 0 aromatic heterocycles. The van der Waals surface area contributed by atoms with Crippen molar-refractivity contribution in [1.82, 2.24) is 0 Å². The zero-order valence-electron chi connectivity index (χ0n) is 11.6. The average molecular weight is 384 g/mol. The minimum atomic E-state index is -1.15. The lowest BCUT2D eigenvalue weighted by molar-refractivity contribution is -0.385. The van der Waals surface area contributed by atoms with Gasteiger partial charge in [0.05, 0.1) is 21.9 Å². The lowest BCUT2D eigenvalue weighted by Crippen LogP contribution is -2.37. The van der Waals surface area contributed by atoms with E-state index in [0.29, 0.717) is 0 Å². The Morgan fingerprint density at radius 2 is 2.05 bits per heavy atom. The molecule has 0 heterocycles. The monoisotopic (exact) mass is 382 g/mol. The minimum Gasteiger partial charge on any atom is -0.506 e. The zero-order chi connectivity index (χ0) is 15.7. The molecule has 1 atom stereocenters. The Bertz CT molecular complexity index is 565. The summed E-state index contributed by atoms with van der Waals surface area (Å²) in [7, 11) is 1.22. The summed E-state index contributed by atoms with van der Waals surface area (Å²) in [5, 5.41) is 20.8. The smallest absolute Gasteiger partial charge is 0.313 e. The number of hydrogen-bond donors (Lipinski definition) is 2. The molecule has 1 aromatic rings. The van der Waals surface area contributed by atoms with E-state index in [1.807, 2.05) is 0 Å². The predicted molar refractivity (Wildman–Crippen MR) is 82.4 cm³/mol. The Labute approximate surface area is 136 Å². The second-order valence-corrected chi connectivity index (χ2v) is 5.67. The van der Waals surface area contributed by atoms with E-state index < -0.39 is 22.3 Å². The number of hydrogen-bond acceptors (Lipinski definition) is 6. The highest BCUT2D eigenvalue weighted by molar-refractivity contribution is 9.10. The highest BCUT2D eigenvalue weighted by Crippen LogP contribution is 2.41. The number of carbonyl (C=O) groups excluding carboxylic acids is 1. The van der Waals surface area contributed by atoms with E-state index in [1.54, 1.807) is 0 Å². The molecule has 0 aliphatic rings. The quantitative estimate of drug-likeness (QED) is 0.469. The highest BCUT2D eigenvalue weighted by atomic mass is 79.9. The number of esters is 1. The molecule has 0 fully saturated rings. The average Bonchev–Trinajstić information content (AvgIpc) is 2.39. The fourth-order valence-electron chi connectivity index (χ4n) is 1.73. The first kappa shape index (κ1) is 19.6. The van der Waals surface area contributed by atoms with E-state index in [2.05, 4.69) is 20.7 Å². The van der Waals surface area contributed by atoms with E-state index in [-0.39, 0.29) is 33.9 Å². The van der Waals surface area contributed by atoms with Gasteiger partial charge in [0.25, 0.3) is 5.69 Å². The number of nitrogens with zero attached hydrogens (tertiary/aromatic N) is 1. The molecule has 3 N–H and O–H groups in total. The largest absolute Gasteiger partial charge is 0.506 e. The van der Waals surface area contributed by atoms with Crippen LogP contribution in [0.4, 0.5) is 5.69 Å². The fraction of sp³-hybridized carbons (Fsp3) is 0.417. The molecule has 0 bridgehead atoms. The number of methoxy groups -OCH3 is 1. The first-order chi connectivity index (χ1) is 9.12. The molecule has 0 spiro atoms. The number of benzene rings is 1. The van der Waals surface area contributed by atoms with Crippen molar-refractivity contribution in [3.63, 3.8) is 0 Å². The van der Waals surface area contributed by atoms with Crippen LogP contribution in [0.1, 0.15) is 25.5 Å². The molecule has 0 radical (unpaired) electrons. The van der Waals surface area contributed by atoms with Gasteiger partial charge >= 0.3 is 5.97 Å². The van der Waals surface area contributed by atoms with Gasteiger partial charge in [-0.05, 0) is 29.8 Å². The van der Waals surface area contributed by atoms with Crippen molar-refractivity contribution in [2.45, 2.75) is 19.9 Å². The van der Waals surface area contributed by atoms with E-state index >= 15 is 0 Å². The van der Waals surface area contributed by atoms with Crippen molar-refractivity contribution in [3.05, 3.63) is 32.3 Å². The van der Waals surface area contributed by atoms with Crippen molar-refractivity contribution in [2.75, 3.05) is 7.11 Å².